The lowest BCUT2D eigenvalue weighted by Crippen LogP contribution is -2.30. The highest BCUT2D eigenvalue weighted by Gasteiger charge is 2.22. The lowest BCUT2D eigenvalue weighted by Gasteiger charge is -2.20. The van der Waals surface area contributed by atoms with E-state index in [2.05, 4.69) is 21.4 Å². The molecular weight excluding hydrogens is 326 g/mol. The van der Waals surface area contributed by atoms with Gasteiger partial charge in [-0.3, -0.25) is 5.84 Å². The van der Waals surface area contributed by atoms with Crippen molar-refractivity contribution in [1.82, 2.24) is 5.43 Å². The number of benzene rings is 2. The summed E-state index contributed by atoms with van der Waals surface area (Å²) >= 11 is 3.41. The maximum atomic E-state index is 14.2. The number of nitrogens with two attached hydrogens (primary N) is 1. The van der Waals surface area contributed by atoms with Crippen LogP contribution in [-0.2, 0) is 0 Å². The Labute approximate surface area is 125 Å². The molecule has 0 aromatic heterocycles. The fraction of sp³-hybridized carbons (Fsp3) is 0.200. The predicted molar refractivity (Wildman–Crippen MR) is 79.1 cm³/mol. The number of rotatable bonds is 3. The molecule has 0 bridgehead atoms. The van der Waals surface area contributed by atoms with Crippen molar-refractivity contribution in [2.45, 2.75) is 19.9 Å². The molecular formula is C15H15BrF2N2. The third-order valence-electron chi connectivity index (χ3n) is 3.30. The molecule has 0 saturated carbocycles. The summed E-state index contributed by atoms with van der Waals surface area (Å²) in [6, 6.07) is 7.39. The van der Waals surface area contributed by atoms with Crippen LogP contribution in [0.1, 0.15) is 28.3 Å². The van der Waals surface area contributed by atoms with Crippen LogP contribution in [0, 0.1) is 25.5 Å². The van der Waals surface area contributed by atoms with Crippen LogP contribution in [0.4, 0.5) is 8.78 Å². The van der Waals surface area contributed by atoms with E-state index in [-0.39, 0.29) is 5.56 Å². The van der Waals surface area contributed by atoms with Gasteiger partial charge in [-0.05, 0) is 42.7 Å². The van der Waals surface area contributed by atoms with Gasteiger partial charge < -0.3 is 0 Å². The molecule has 1 unspecified atom stereocenters. The molecule has 0 amide bonds. The van der Waals surface area contributed by atoms with E-state index in [4.69, 9.17) is 5.84 Å². The van der Waals surface area contributed by atoms with E-state index >= 15 is 0 Å². The highest BCUT2D eigenvalue weighted by atomic mass is 79.9. The first kappa shape index (κ1) is 15.1. The molecule has 1 atom stereocenters. The minimum Gasteiger partial charge on any atom is -0.271 e. The standard InChI is InChI=1S/C15H15BrF2N2/c1-8-3-5-10(7-11(8)16)15(20-19)13-12(17)6-4-9(2)14(13)18/h3-7,15,20H,19H2,1-2H3. The molecule has 0 aliphatic heterocycles. The Hall–Kier alpha value is -1.30. The van der Waals surface area contributed by atoms with Crippen LogP contribution in [0.5, 0.6) is 0 Å². The first-order chi connectivity index (χ1) is 9.45. The summed E-state index contributed by atoms with van der Waals surface area (Å²) in [7, 11) is 0. The Morgan fingerprint density at radius 1 is 1.10 bits per heavy atom. The summed E-state index contributed by atoms with van der Waals surface area (Å²) in [6.45, 7) is 3.53. The largest absolute Gasteiger partial charge is 0.271 e. The zero-order valence-electron chi connectivity index (χ0n) is 11.2. The summed E-state index contributed by atoms with van der Waals surface area (Å²) in [5.74, 6) is 4.32. The number of halogens is 3. The quantitative estimate of drug-likeness (QED) is 0.656. The molecule has 2 aromatic rings. The maximum Gasteiger partial charge on any atom is 0.134 e. The van der Waals surface area contributed by atoms with Gasteiger partial charge >= 0.3 is 0 Å². The van der Waals surface area contributed by atoms with Crippen LogP contribution in [-0.4, -0.2) is 0 Å². The lowest BCUT2D eigenvalue weighted by atomic mass is 9.96. The smallest absolute Gasteiger partial charge is 0.134 e. The van der Waals surface area contributed by atoms with E-state index in [0.29, 0.717) is 11.1 Å². The van der Waals surface area contributed by atoms with Gasteiger partial charge in [-0.1, -0.05) is 34.1 Å². The second kappa shape index (κ2) is 5.99. The summed E-state index contributed by atoms with van der Waals surface area (Å²) in [5.41, 5.74) is 4.53. The van der Waals surface area contributed by atoms with Crippen molar-refractivity contribution >= 4 is 15.9 Å². The van der Waals surface area contributed by atoms with Crippen LogP contribution in [0.25, 0.3) is 0 Å². The molecule has 0 fully saturated rings. The van der Waals surface area contributed by atoms with Crippen molar-refractivity contribution in [2.75, 3.05) is 0 Å². The third kappa shape index (κ3) is 2.75. The van der Waals surface area contributed by atoms with E-state index < -0.39 is 17.7 Å². The third-order valence-corrected chi connectivity index (χ3v) is 4.16. The van der Waals surface area contributed by atoms with Gasteiger partial charge in [0.25, 0.3) is 0 Å². The van der Waals surface area contributed by atoms with Crippen LogP contribution in [0.3, 0.4) is 0 Å². The molecule has 0 aliphatic rings. The topological polar surface area (TPSA) is 38.0 Å². The van der Waals surface area contributed by atoms with E-state index in [9.17, 15) is 8.78 Å². The number of nitrogens with one attached hydrogen (secondary N) is 1. The summed E-state index contributed by atoms with van der Waals surface area (Å²) in [4.78, 5) is 0. The van der Waals surface area contributed by atoms with Gasteiger partial charge in [-0.15, -0.1) is 0 Å². The molecule has 2 aromatic carbocycles. The highest BCUT2D eigenvalue weighted by molar-refractivity contribution is 9.10. The van der Waals surface area contributed by atoms with Crippen LogP contribution in [0.15, 0.2) is 34.8 Å². The zero-order chi connectivity index (χ0) is 14.9. The van der Waals surface area contributed by atoms with Gasteiger partial charge in [0.2, 0.25) is 0 Å². The van der Waals surface area contributed by atoms with Gasteiger partial charge in [0.1, 0.15) is 11.6 Å². The summed E-state index contributed by atoms with van der Waals surface area (Å²) in [6.07, 6.45) is 0. The highest BCUT2D eigenvalue weighted by Crippen LogP contribution is 2.30. The van der Waals surface area contributed by atoms with Crippen LogP contribution < -0.4 is 11.3 Å². The normalized spacial score (nSPS) is 12.5. The van der Waals surface area contributed by atoms with Gasteiger partial charge in [-0.2, -0.15) is 0 Å². The molecule has 0 heterocycles. The molecule has 2 rings (SSSR count). The molecule has 0 spiro atoms. The SMILES string of the molecule is Cc1ccc(C(NN)c2c(F)ccc(C)c2F)cc1Br. The molecule has 5 heteroatoms. The van der Waals surface area contributed by atoms with Crippen molar-refractivity contribution in [3.05, 3.63) is 68.7 Å². The Kier molecular flexibility index (Phi) is 4.52. The molecule has 0 radical (unpaired) electrons. The molecule has 0 aliphatic carbocycles. The first-order valence-corrected chi connectivity index (χ1v) is 6.91. The number of aryl methyl sites for hydroxylation is 2. The number of hydrogen-bond acceptors (Lipinski definition) is 2. The Bertz CT molecular complexity index is 644. The second-order valence-corrected chi connectivity index (χ2v) is 5.55. The number of hydrogen-bond donors (Lipinski definition) is 2. The Balaban J connectivity index is 2.58. The van der Waals surface area contributed by atoms with Gasteiger partial charge in [0.15, 0.2) is 0 Å². The summed E-state index contributed by atoms with van der Waals surface area (Å²) in [5, 5.41) is 0. The molecule has 3 N–H and O–H groups in total. The lowest BCUT2D eigenvalue weighted by molar-refractivity contribution is 0.506. The number of hydrazine groups is 1. The first-order valence-electron chi connectivity index (χ1n) is 6.12. The maximum absolute atomic E-state index is 14.2. The molecule has 0 saturated heterocycles. The molecule has 106 valence electrons. The van der Waals surface area contributed by atoms with E-state index in [1.54, 1.807) is 19.1 Å². The van der Waals surface area contributed by atoms with E-state index in [1.807, 2.05) is 13.0 Å². The van der Waals surface area contributed by atoms with Gasteiger partial charge in [0.05, 0.1) is 6.04 Å². The molecule has 20 heavy (non-hydrogen) atoms. The Morgan fingerprint density at radius 3 is 2.35 bits per heavy atom. The average molecular weight is 341 g/mol. The van der Waals surface area contributed by atoms with Crippen molar-refractivity contribution in [3.8, 4) is 0 Å². The summed E-state index contributed by atoms with van der Waals surface area (Å²) < 4.78 is 29.1. The van der Waals surface area contributed by atoms with Crippen molar-refractivity contribution < 1.29 is 8.78 Å². The van der Waals surface area contributed by atoms with Gasteiger partial charge in [0, 0.05) is 10.0 Å². The fourth-order valence-corrected chi connectivity index (χ4v) is 2.47. The van der Waals surface area contributed by atoms with Crippen molar-refractivity contribution in [1.29, 1.82) is 0 Å². The minimum absolute atomic E-state index is 0.0664. The monoisotopic (exact) mass is 340 g/mol. The second-order valence-electron chi connectivity index (χ2n) is 4.70. The van der Waals surface area contributed by atoms with Crippen molar-refractivity contribution in [3.63, 3.8) is 0 Å². The van der Waals surface area contributed by atoms with Crippen LogP contribution in [0.2, 0.25) is 0 Å². The van der Waals surface area contributed by atoms with E-state index in [1.165, 1.54) is 12.1 Å². The Morgan fingerprint density at radius 2 is 1.75 bits per heavy atom. The predicted octanol–water partition coefficient (Wildman–Crippen LogP) is 3.90. The van der Waals surface area contributed by atoms with Gasteiger partial charge in [-0.25, -0.2) is 14.2 Å². The van der Waals surface area contributed by atoms with E-state index in [0.717, 1.165) is 10.0 Å². The van der Waals surface area contributed by atoms with Crippen LogP contribution >= 0.6 is 15.9 Å². The average Bonchev–Trinajstić information content (AvgIpc) is 2.42. The molecule has 2 nitrogen and oxygen atoms in total. The zero-order valence-corrected chi connectivity index (χ0v) is 12.8. The van der Waals surface area contributed by atoms with Crippen molar-refractivity contribution in [2.24, 2.45) is 5.84 Å². The minimum atomic E-state index is -0.744. The fourth-order valence-electron chi connectivity index (χ4n) is 2.08.